The summed E-state index contributed by atoms with van der Waals surface area (Å²) in [5, 5.41) is 7.98. The van der Waals surface area contributed by atoms with E-state index in [-0.39, 0.29) is 24.3 Å². The highest BCUT2D eigenvalue weighted by Crippen LogP contribution is 2.22. The minimum absolute atomic E-state index is 0.0291. The average Bonchev–Trinajstić information content (AvgIpc) is 2.26. The van der Waals surface area contributed by atoms with Crippen LogP contribution in [0, 0.1) is 0 Å². The van der Waals surface area contributed by atoms with E-state index < -0.39 is 37.1 Å². The molecule has 0 spiro atoms. The summed E-state index contributed by atoms with van der Waals surface area (Å²) in [4.78, 5) is 10.8. The summed E-state index contributed by atoms with van der Waals surface area (Å²) in [5.74, 6) is -1.55. The van der Waals surface area contributed by atoms with Gasteiger partial charge in [-0.15, -0.1) is 0 Å². The van der Waals surface area contributed by atoms with Gasteiger partial charge in [-0.2, -0.15) is 4.31 Å². The Hall–Kier alpha value is -0.670. The van der Waals surface area contributed by atoms with Crippen LogP contribution >= 0.6 is 0 Å². The van der Waals surface area contributed by atoms with Crippen molar-refractivity contribution in [3.8, 4) is 0 Å². The van der Waals surface area contributed by atoms with Gasteiger partial charge >= 0.3 is 5.97 Å². The highest BCUT2D eigenvalue weighted by atomic mass is 32.2. The van der Waals surface area contributed by atoms with Gasteiger partial charge in [0.05, 0.1) is 16.8 Å². The van der Waals surface area contributed by atoms with Crippen LogP contribution in [0.15, 0.2) is 0 Å². The summed E-state index contributed by atoms with van der Waals surface area (Å²) < 4.78 is 47.5. The highest BCUT2D eigenvalue weighted by Gasteiger charge is 2.38. The fourth-order valence-electron chi connectivity index (χ4n) is 1.78. The molecule has 18 heavy (non-hydrogen) atoms. The Morgan fingerprint density at radius 1 is 1.33 bits per heavy atom. The molecule has 1 saturated heterocycles. The van der Waals surface area contributed by atoms with Crippen LogP contribution in [-0.2, 0) is 24.7 Å². The molecule has 1 heterocycles. The van der Waals surface area contributed by atoms with Crippen molar-refractivity contribution in [3.63, 3.8) is 0 Å². The quantitative estimate of drug-likeness (QED) is 0.735. The Kier molecular flexibility index (Phi) is 4.39. The normalized spacial score (nSPS) is 22.8. The molecule has 0 aliphatic carbocycles. The molecule has 1 rings (SSSR count). The standard InChI is InChI=1S/C9H17NO6S2/c1-7(9(11)12)10(2)18(15,16)8-3-5-17(13,14)6-4-8/h7-8H,3-6H2,1-2H3,(H,11,12). The fraction of sp³-hybridized carbons (Fsp3) is 0.889. The maximum Gasteiger partial charge on any atom is 0.321 e. The van der Waals surface area contributed by atoms with E-state index in [4.69, 9.17) is 5.11 Å². The highest BCUT2D eigenvalue weighted by molar-refractivity contribution is 7.92. The van der Waals surface area contributed by atoms with Crippen molar-refractivity contribution in [2.45, 2.75) is 31.1 Å². The Morgan fingerprint density at radius 3 is 2.17 bits per heavy atom. The SMILES string of the molecule is CC(C(=O)O)N(C)S(=O)(=O)C1CCS(=O)(=O)CC1. The van der Waals surface area contributed by atoms with E-state index >= 15 is 0 Å². The molecule has 0 bridgehead atoms. The number of nitrogens with zero attached hydrogens (tertiary/aromatic N) is 1. The van der Waals surface area contributed by atoms with E-state index in [0.717, 1.165) is 4.31 Å². The smallest absolute Gasteiger partial charge is 0.321 e. The number of sulfone groups is 1. The molecular formula is C9H17NO6S2. The summed E-state index contributed by atoms with van der Waals surface area (Å²) in [6, 6.07) is -1.16. The lowest BCUT2D eigenvalue weighted by Crippen LogP contribution is -2.46. The van der Waals surface area contributed by atoms with E-state index in [1.54, 1.807) is 0 Å². The molecule has 0 radical (unpaired) electrons. The molecule has 1 fully saturated rings. The van der Waals surface area contributed by atoms with Crippen LogP contribution < -0.4 is 0 Å². The van der Waals surface area contributed by atoms with Crippen molar-refractivity contribution >= 4 is 25.8 Å². The second kappa shape index (κ2) is 5.14. The van der Waals surface area contributed by atoms with E-state index in [9.17, 15) is 21.6 Å². The molecule has 1 atom stereocenters. The predicted octanol–water partition coefficient (Wildman–Crippen LogP) is -0.702. The number of carboxylic acids is 1. The summed E-state index contributed by atoms with van der Waals surface area (Å²) >= 11 is 0. The third kappa shape index (κ3) is 3.21. The summed E-state index contributed by atoms with van der Waals surface area (Å²) in [6.07, 6.45) is 0.0582. The van der Waals surface area contributed by atoms with Crippen LogP contribution in [0.25, 0.3) is 0 Å². The molecule has 106 valence electrons. The van der Waals surface area contributed by atoms with Crippen LogP contribution in [0.3, 0.4) is 0 Å². The third-order valence-corrected chi connectivity index (χ3v) is 7.38. The van der Waals surface area contributed by atoms with Crippen LogP contribution in [0.4, 0.5) is 0 Å². The topological polar surface area (TPSA) is 109 Å². The van der Waals surface area contributed by atoms with Crippen molar-refractivity contribution in [2.24, 2.45) is 0 Å². The van der Waals surface area contributed by atoms with Crippen LogP contribution in [0.1, 0.15) is 19.8 Å². The second-order valence-corrected chi connectivity index (χ2v) is 9.00. The van der Waals surface area contributed by atoms with Gasteiger partial charge in [0.25, 0.3) is 0 Å². The monoisotopic (exact) mass is 299 g/mol. The van der Waals surface area contributed by atoms with Crippen molar-refractivity contribution in [3.05, 3.63) is 0 Å². The molecule has 0 aromatic carbocycles. The largest absolute Gasteiger partial charge is 0.480 e. The average molecular weight is 299 g/mol. The van der Waals surface area contributed by atoms with Crippen LogP contribution in [0.2, 0.25) is 0 Å². The molecule has 1 N–H and O–H groups in total. The maximum absolute atomic E-state index is 12.1. The van der Waals surface area contributed by atoms with Gasteiger partial charge in [0.15, 0.2) is 0 Å². The zero-order valence-electron chi connectivity index (χ0n) is 10.2. The van der Waals surface area contributed by atoms with Crippen LogP contribution in [-0.4, -0.2) is 62.1 Å². The number of rotatable bonds is 4. The van der Waals surface area contributed by atoms with Gasteiger partial charge in [-0.25, -0.2) is 16.8 Å². The van der Waals surface area contributed by atoms with E-state index in [1.807, 2.05) is 0 Å². The molecular weight excluding hydrogens is 282 g/mol. The van der Waals surface area contributed by atoms with Gasteiger partial charge in [-0.3, -0.25) is 4.79 Å². The lowest BCUT2D eigenvalue weighted by atomic mass is 10.2. The summed E-state index contributed by atoms with van der Waals surface area (Å²) in [7, 11) is -5.70. The molecule has 9 heteroatoms. The van der Waals surface area contributed by atoms with Gasteiger partial charge in [-0.1, -0.05) is 0 Å². The van der Waals surface area contributed by atoms with E-state index in [0.29, 0.717) is 0 Å². The minimum Gasteiger partial charge on any atom is -0.480 e. The first-order valence-corrected chi connectivity index (χ1v) is 8.80. The number of aliphatic carboxylic acids is 1. The molecule has 7 nitrogen and oxygen atoms in total. The number of hydrogen-bond donors (Lipinski definition) is 1. The number of carboxylic acid groups (broad SMARTS) is 1. The first-order valence-electron chi connectivity index (χ1n) is 5.48. The number of hydrogen-bond acceptors (Lipinski definition) is 5. The van der Waals surface area contributed by atoms with Crippen molar-refractivity contribution in [1.29, 1.82) is 0 Å². The molecule has 0 aromatic heterocycles. The fourth-order valence-corrected chi connectivity index (χ4v) is 5.40. The zero-order chi connectivity index (χ0) is 14.1. The minimum atomic E-state index is -3.77. The van der Waals surface area contributed by atoms with Gasteiger partial charge < -0.3 is 5.11 Å². The lowest BCUT2D eigenvalue weighted by molar-refractivity contribution is -0.140. The Bertz CT molecular complexity index is 509. The van der Waals surface area contributed by atoms with Crippen molar-refractivity contribution < 1.29 is 26.7 Å². The molecule has 1 aliphatic rings. The molecule has 0 amide bonds. The lowest BCUT2D eigenvalue weighted by Gasteiger charge is -2.29. The van der Waals surface area contributed by atoms with E-state index in [1.165, 1.54) is 14.0 Å². The molecule has 1 unspecified atom stereocenters. The number of carbonyl (C=O) groups is 1. The van der Waals surface area contributed by atoms with Crippen LogP contribution in [0.5, 0.6) is 0 Å². The van der Waals surface area contributed by atoms with Gasteiger partial charge in [0.1, 0.15) is 15.9 Å². The number of likely N-dealkylation sites (N-methyl/N-ethyl adjacent to an activating group) is 1. The zero-order valence-corrected chi connectivity index (χ0v) is 11.9. The Morgan fingerprint density at radius 2 is 1.78 bits per heavy atom. The molecule has 0 aromatic rings. The predicted molar refractivity (Wildman–Crippen MR) is 65.5 cm³/mol. The van der Waals surface area contributed by atoms with Gasteiger partial charge in [-0.05, 0) is 19.8 Å². The number of sulfonamides is 1. The van der Waals surface area contributed by atoms with E-state index in [2.05, 4.69) is 0 Å². The Labute approximate surface area is 107 Å². The van der Waals surface area contributed by atoms with Crippen molar-refractivity contribution in [1.82, 2.24) is 4.31 Å². The maximum atomic E-state index is 12.1. The molecule has 0 saturated carbocycles. The summed E-state index contributed by atoms with van der Waals surface area (Å²) in [5.41, 5.74) is 0. The van der Waals surface area contributed by atoms with Crippen molar-refractivity contribution in [2.75, 3.05) is 18.6 Å². The van der Waals surface area contributed by atoms with Gasteiger partial charge in [0.2, 0.25) is 10.0 Å². The first-order chi connectivity index (χ1) is 8.08. The molecule has 1 aliphatic heterocycles. The third-order valence-electron chi connectivity index (χ3n) is 3.23. The first kappa shape index (κ1) is 15.4. The second-order valence-electron chi connectivity index (χ2n) is 4.43. The Balaban J connectivity index is 2.85. The summed E-state index contributed by atoms with van der Waals surface area (Å²) in [6.45, 7) is 1.28. The van der Waals surface area contributed by atoms with Gasteiger partial charge in [0, 0.05) is 7.05 Å².